The van der Waals surface area contributed by atoms with Crippen LogP contribution in [0.25, 0.3) is 0 Å². The molecular weight excluding hydrogens is 240 g/mol. The van der Waals surface area contributed by atoms with Gasteiger partial charge in [0.15, 0.2) is 0 Å². The van der Waals surface area contributed by atoms with Gasteiger partial charge in [-0.1, -0.05) is 5.92 Å². The van der Waals surface area contributed by atoms with E-state index < -0.39 is 12.0 Å². The third-order valence-corrected chi connectivity index (χ3v) is 3.11. The number of nitrogens with two attached hydrogens (primary N) is 1. The molecule has 0 spiro atoms. The molecule has 2 atom stereocenters. The van der Waals surface area contributed by atoms with Crippen LogP contribution < -0.4 is 11.1 Å². The van der Waals surface area contributed by atoms with Gasteiger partial charge in [0.25, 0.3) is 0 Å². The van der Waals surface area contributed by atoms with Gasteiger partial charge in [0, 0.05) is 5.75 Å². The molecule has 17 heavy (non-hydrogen) atoms. The predicted molar refractivity (Wildman–Crippen MR) is 68.4 cm³/mol. The zero-order valence-corrected chi connectivity index (χ0v) is 10.9. The van der Waals surface area contributed by atoms with Crippen LogP contribution in [0.15, 0.2) is 0 Å². The Morgan fingerprint density at radius 2 is 2.24 bits per heavy atom. The maximum atomic E-state index is 11.4. The summed E-state index contributed by atoms with van der Waals surface area (Å²) in [6.45, 7) is 3.95. The molecular formula is C11H18N2O3S. The molecule has 3 N–H and O–H groups in total. The van der Waals surface area contributed by atoms with Gasteiger partial charge in [-0.25, -0.2) is 0 Å². The van der Waals surface area contributed by atoms with Crippen LogP contribution in [0.5, 0.6) is 0 Å². The second-order valence-corrected chi connectivity index (χ2v) is 4.63. The number of carbonyl (C=O) groups excluding carboxylic acids is 2. The molecule has 96 valence electrons. The number of terminal acetylenes is 1. The zero-order chi connectivity index (χ0) is 13.3. The number of ether oxygens (including phenoxy) is 1. The van der Waals surface area contributed by atoms with Crippen molar-refractivity contribution in [3.63, 3.8) is 0 Å². The van der Waals surface area contributed by atoms with Crippen molar-refractivity contribution in [3.05, 3.63) is 0 Å². The zero-order valence-electron chi connectivity index (χ0n) is 10.1. The Morgan fingerprint density at radius 1 is 1.59 bits per heavy atom. The third-order valence-electron chi connectivity index (χ3n) is 1.85. The first-order valence-electron chi connectivity index (χ1n) is 5.27. The second-order valence-electron chi connectivity index (χ2n) is 3.26. The van der Waals surface area contributed by atoms with Crippen LogP contribution >= 0.6 is 11.8 Å². The van der Waals surface area contributed by atoms with E-state index in [1.807, 2.05) is 0 Å². The first kappa shape index (κ1) is 15.8. The fraction of sp³-hybridized carbons (Fsp3) is 0.636. The summed E-state index contributed by atoms with van der Waals surface area (Å²) in [5.74, 6) is 2.04. The highest BCUT2D eigenvalue weighted by atomic mass is 32.2. The van der Waals surface area contributed by atoms with E-state index in [1.165, 1.54) is 11.8 Å². The van der Waals surface area contributed by atoms with E-state index in [-0.39, 0.29) is 17.7 Å². The third kappa shape index (κ3) is 6.87. The first-order valence-corrected chi connectivity index (χ1v) is 6.32. The minimum Gasteiger partial charge on any atom is -0.465 e. The summed E-state index contributed by atoms with van der Waals surface area (Å²) < 4.78 is 4.76. The van der Waals surface area contributed by atoms with Gasteiger partial charge in [-0.05, 0) is 13.8 Å². The quantitative estimate of drug-likeness (QED) is 0.486. The number of amides is 1. The van der Waals surface area contributed by atoms with E-state index in [0.29, 0.717) is 12.4 Å². The number of nitrogens with one attached hydrogen (secondary N) is 1. The average molecular weight is 258 g/mol. The summed E-state index contributed by atoms with van der Waals surface area (Å²) in [6.07, 6.45) is 5.02. The Morgan fingerprint density at radius 3 is 2.76 bits per heavy atom. The van der Waals surface area contributed by atoms with Crippen molar-refractivity contribution >= 4 is 23.6 Å². The fourth-order valence-electron chi connectivity index (χ4n) is 0.923. The number of thioether (sulfide) groups is 1. The van der Waals surface area contributed by atoms with E-state index >= 15 is 0 Å². The van der Waals surface area contributed by atoms with Crippen LogP contribution in [0.1, 0.15) is 13.8 Å². The lowest BCUT2D eigenvalue weighted by Gasteiger charge is -2.13. The van der Waals surface area contributed by atoms with Crippen molar-refractivity contribution in [3.8, 4) is 12.3 Å². The Bertz CT molecular complexity index is 302. The molecule has 0 aliphatic rings. The number of carbonyl (C=O) groups is 2. The highest BCUT2D eigenvalue weighted by molar-refractivity contribution is 8.00. The molecule has 6 heteroatoms. The summed E-state index contributed by atoms with van der Waals surface area (Å²) in [5, 5.41) is 2.26. The molecule has 0 fully saturated rings. The molecule has 0 heterocycles. The largest absolute Gasteiger partial charge is 0.465 e. The van der Waals surface area contributed by atoms with Gasteiger partial charge in [-0.2, -0.15) is 0 Å². The highest BCUT2D eigenvalue weighted by Crippen LogP contribution is 2.11. The molecule has 0 bridgehead atoms. The van der Waals surface area contributed by atoms with Crippen molar-refractivity contribution in [1.82, 2.24) is 5.32 Å². The molecule has 0 saturated heterocycles. The molecule has 5 nitrogen and oxygen atoms in total. The van der Waals surface area contributed by atoms with Gasteiger partial charge < -0.3 is 15.8 Å². The normalized spacial score (nSPS) is 13.3. The van der Waals surface area contributed by atoms with Gasteiger partial charge in [0.2, 0.25) is 5.91 Å². The topological polar surface area (TPSA) is 81.4 Å². The van der Waals surface area contributed by atoms with E-state index in [2.05, 4.69) is 11.2 Å². The van der Waals surface area contributed by atoms with Crippen molar-refractivity contribution < 1.29 is 14.3 Å². The standard InChI is InChI=1S/C11H18N2O3S/c1-4-6-13-10(14)8(3)17-7-9(12)11(15)16-5-2/h1,8-9H,5-7,12H2,2-3H3,(H,13,14). The second kappa shape index (κ2) is 8.90. The molecule has 0 aliphatic heterocycles. The number of hydrogen-bond acceptors (Lipinski definition) is 5. The molecule has 0 aromatic carbocycles. The number of hydrogen-bond donors (Lipinski definition) is 2. The average Bonchev–Trinajstić information content (AvgIpc) is 2.32. The van der Waals surface area contributed by atoms with Gasteiger partial charge in [0.1, 0.15) is 6.04 Å². The van der Waals surface area contributed by atoms with E-state index in [9.17, 15) is 9.59 Å². The summed E-state index contributed by atoms with van der Waals surface area (Å²) >= 11 is 1.29. The molecule has 0 aromatic rings. The summed E-state index contributed by atoms with van der Waals surface area (Å²) in [5.41, 5.74) is 5.59. The smallest absolute Gasteiger partial charge is 0.323 e. The summed E-state index contributed by atoms with van der Waals surface area (Å²) in [4.78, 5) is 22.6. The number of esters is 1. The summed E-state index contributed by atoms with van der Waals surface area (Å²) in [6, 6.07) is -0.706. The van der Waals surface area contributed by atoms with Gasteiger partial charge in [-0.15, -0.1) is 18.2 Å². The van der Waals surface area contributed by atoms with E-state index in [0.717, 1.165) is 0 Å². The minimum atomic E-state index is -0.706. The maximum absolute atomic E-state index is 11.4. The van der Waals surface area contributed by atoms with Crippen LogP contribution in [0.4, 0.5) is 0 Å². The Balaban J connectivity index is 3.90. The molecule has 2 unspecified atom stereocenters. The molecule has 1 amide bonds. The Kier molecular flexibility index (Phi) is 8.28. The summed E-state index contributed by atoms with van der Waals surface area (Å²) in [7, 11) is 0. The lowest BCUT2D eigenvalue weighted by molar-refractivity contribution is -0.144. The fourth-order valence-corrected chi connectivity index (χ4v) is 1.79. The van der Waals surface area contributed by atoms with Gasteiger partial charge >= 0.3 is 5.97 Å². The SMILES string of the molecule is C#CCNC(=O)C(C)SCC(N)C(=O)OCC. The van der Waals surface area contributed by atoms with Crippen LogP contribution in [-0.2, 0) is 14.3 Å². The van der Waals surface area contributed by atoms with Crippen molar-refractivity contribution in [2.45, 2.75) is 25.1 Å². The van der Waals surface area contributed by atoms with Gasteiger partial charge in [0.05, 0.1) is 18.4 Å². The van der Waals surface area contributed by atoms with Gasteiger partial charge in [-0.3, -0.25) is 9.59 Å². The van der Waals surface area contributed by atoms with Crippen LogP contribution in [0.2, 0.25) is 0 Å². The Hall–Kier alpha value is -1.19. The van der Waals surface area contributed by atoms with Crippen molar-refractivity contribution in [1.29, 1.82) is 0 Å². The molecule has 0 aromatic heterocycles. The Labute approximate surface area is 106 Å². The molecule has 0 aliphatic carbocycles. The molecule has 0 rings (SSSR count). The first-order chi connectivity index (χ1) is 8.02. The number of rotatable bonds is 7. The van der Waals surface area contributed by atoms with E-state index in [4.69, 9.17) is 16.9 Å². The van der Waals surface area contributed by atoms with Crippen LogP contribution in [0.3, 0.4) is 0 Å². The van der Waals surface area contributed by atoms with E-state index in [1.54, 1.807) is 13.8 Å². The van der Waals surface area contributed by atoms with Crippen LogP contribution in [-0.4, -0.2) is 42.1 Å². The van der Waals surface area contributed by atoms with Crippen LogP contribution in [0, 0.1) is 12.3 Å². The van der Waals surface area contributed by atoms with Crippen molar-refractivity contribution in [2.75, 3.05) is 18.9 Å². The minimum absolute atomic E-state index is 0.163. The lowest BCUT2D eigenvalue weighted by Crippen LogP contribution is -2.37. The predicted octanol–water partition coefficient (Wildman–Crippen LogP) is -0.252. The monoisotopic (exact) mass is 258 g/mol. The lowest BCUT2D eigenvalue weighted by atomic mass is 10.4. The van der Waals surface area contributed by atoms with Crippen molar-refractivity contribution in [2.24, 2.45) is 5.73 Å². The maximum Gasteiger partial charge on any atom is 0.323 e. The molecule has 0 radical (unpaired) electrons. The molecule has 0 saturated carbocycles. The highest BCUT2D eigenvalue weighted by Gasteiger charge is 2.19.